The number of rotatable bonds is 7. The molecule has 6 aromatic rings. The van der Waals surface area contributed by atoms with Crippen molar-refractivity contribution in [1.82, 2.24) is 0 Å². The van der Waals surface area contributed by atoms with Crippen LogP contribution in [0.3, 0.4) is 0 Å². The Morgan fingerprint density at radius 2 is 0.694 bits per heavy atom. The Kier molecular flexibility index (Phi) is 6.91. The molecule has 0 amide bonds. The molecule has 0 aromatic heterocycles. The Morgan fingerprint density at radius 3 is 1.14 bits per heavy atom. The number of fused-ring (bicyclic) bond motifs is 2. The van der Waals surface area contributed by atoms with E-state index in [9.17, 15) is 0 Å². The second-order valence-electron chi connectivity index (χ2n) is 8.97. The van der Waals surface area contributed by atoms with Crippen molar-refractivity contribution in [2.75, 3.05) is 12.3 Å². The Morgan fingerprint density at radius 1 is 0.333 bits per heavy atom. The monoisotopic (exact) mass is 498 g/mol. The summed E-state index contributed by atoms with van der Waals surface area (Å²) in [7, 11) is -0.982. The highest BCUT2D eigenvalue weighted by Gasteiger charge is 2.21. The summed E-state index contributed by atoms with van der Waals surface area (Å²) < 4.78 is 0. The van der Waals surface area contributed by atoms with Crippen LogP contribution < -0.4 is 21.2 Å². The molecule has 0 aliphatic carbocycles. The number of benzene rings is 6. The van der Waals surface area contributed by atoms with Crippen LogP contribution in [0.1, 0.15) is 0 Å². The molecule has 0 saturated carbocycles. The average Bonchev–Trinajstić information content (AvgIpc) is 2.96. The van der Waals surface area contributed by atoms with Gasteiger partial charge in [-0.3, -0.25) is 0 Å². The smallest absolute Gasteiger partial charge is 0.0104 e. The average molecular weight is 499 g/mol. The summed E-state index contributed by atoms with van der Waals surface area (Å²) >= 11 is 0. The highest BCUT2D eigenvalue weighted by molar-refractivity contribution is 7.77. The second kappa shape index (κ2) is 10.8. The molecule has 0 spiro atoms. The normalized spacial score (nSPS) is 13.0. The predicted octanol–water partition coefficient (Wildman–Crippen LogP) is 7.56. The molecule has 6 rings (SSSR count). The molecule has 2 heteroatoms. The fraction of sp³-hybridized carbons (Fsp3) is 0.0588. The van der Waals surface area contributed by atoms with Crippen molar-refractivity contribution >= 4 is 58.6 Å². The summed E-state index contributed by atoms with van der Waals surface area (Å²) in [5.74, 6) is 0. The van der Waals surface area contributed by atoms with E-state index in [1.165, 1.54) is 42.8 Å². The second-order valence-corrected chi connectivity index (χ2v) is 13.6. The maximum absolute atomic E-state index is 2.36. The minimum Gasteiger partial charge on any atom is -0.0622 e. The highest BCUT2D eigenvalue weighted by Crippen LogP contribution is 2.43. The van der Waals surface area contributed by atoms with E-state index >= 15 is 0 Å². The molecule has 174 valence electrons. The summed E-state index contributed by atoms with van der Waals surface area (Å²) in [5.41, 5.74) is 0. The lowest BCUT2D eigenvalue weighted by Crippen LogP contribution is -2.20. The Bertz CT molecular complexity index is 1460. The number of hydrogen-bond acceptors (Lipinski definition) is 0. The quantitative estimate of drug-likeness (QED) is 0.199. The van der Waals surface area contributed by atoms with Crippen LogP contribution in [0.4, 0.5) is 0 Å². The summed E-state index contributed by atoms with van der Waals surface area (Å²) in [6.45, 7) is 0. The number of hydrogen-bond donors (Lipinski definition) is 0. The van der Waals surface area contributed by atoms with Gasteiger partial charge in [0.05, 0.1) is 0 Å². The van der Waals surface area contributed by atoms with Crippen LogP contribution in [-0.2, 0) is 0 Å². The van der Waals surface area contributed by atoms with Crippen LogP contribution >= 0.6 is 15.8 Å². The molecule has 6 aromatic carbocycles. The third kappa shape index (κ3) is 4.73. The van der Waals surface area contributed by atoms with Gasteiger partial charge in [0.25, 0.3) is 0 Å². The summed E-state index contributed by atoms with van der Waals surface area (Å²) in [4.78, 5) is 0. The largest absolute Gasteiger partial charge is 0.0622 e. The molecular formula is C34H28P2. The molecule has 2 atom stereocenters. The van der Waals surface area contributed by atoms with Gasteiger partial charge in [-0.25, -0.2) is 0 Å². The van der Waals surface area contributed by atoms with E-state index in [0.717, 1.165) is 12.3 Å². The highest BCUT2D eigenvalue weighted by atomic mass is 31.1. The van der Waals surface area contributed by atoms with Crippen molar-refractivity contribution in [2.45, 2.75) is 0 Å². The standard InChI is InChI=1S/C34H28P2/c1-3-17-29(18-4-1)35(33-23-11-15-27-13-7-9-21-31(27)33)25-26-36(30-19-5-2-6-20-30)34-24-12-16-28-14-8-10-22-32(28)34/h1-24H,25-26H2. The maximum Gasteiger partial charge on any atom is -0.0104 e. The van der Waals surface area contributed by atoms with E-state index in [1.807, 2.05) is 0 Å². The zero-order valence-electron chi connectivity index (χ0n) is 20.2. The molecule has 0 heterocycles. The molecule has 0 nitrogen and oxygen atoms in total. The minimum atomic E-state index is -0.491. The Labute approximate surface area is 216 Å². The molecule has 0 aliphatic heterocycles. The third-order valence-corrected chi connectivity index (χ3v) is 12.3. The van der Waals surface area contributed by atoms with Gasteiger partial charge in [-0.05, 0) is 70.9 Å². The van der Waals surface area contributed by atoms with E-state index < -0.39 is 15.8 Å². The fourth-order valence-corrected chi connectivity index (χ4v) is 10.8. The van der Waals surface area contributed by atoms with Gasteiger partial charge in [0, 0.05) is 0 Å². The molecule has 0 bridgehead atoms. The first-order valence-electron chi connectivity index (χ1n) is 12.5. The minimum absolute atomic E-state index is 0.491. The third-order valence-electron chi connectivity index (χ3n) is 6.80. The first-order valence-corrected chi connectivity index (χ1v) is 15.5. The van der Waals surface area contributed by atoms with Gasteiger partial charge >= 0.3 is 0 Å². The van der Waals surface area contributed by atoms with Crippen LogP contribution in [0.5, 0.6) is 0 Å². The van der Waals surface area contributed by atoms with Gasteiger partial charge in [-0.15, -0.1) is 0 Å². The van der Waals surface area contributed by atoms with E-state index in [-0.39, 0.29) is 0 Å². The van der Waals surface area contributed by atoms with Gasteiger partial charge < -0.3 is 0 Å². The fourth-order valence-electron chi connectivity index (χ4n) is 5.08. The van der Waals surface area contributed by atoms with Crippen molar-refractivity contribution in [3.8, 4) is 0 Å². The first-order chi connectivity index (χ1) is 17.9. The first kappa shape index (κ1) is 23.1. The lowest BCUT2D eigenvalue weighted by molar-refractivity contribution is 1.51. The summed E-state index contributed by atoms with van der Waals surface area (Å²) in [6.07, 6.45) is 2.33. The molecule has 0 aliphatic rings. The van der Waals surface area contributed by atoms with Crippen LogP contribution in [0.2, 0.25) is 0 Å². The molecule has 36 heavy (non-hydrogen) atoms. The lowest BCUT2D eigenvalue weighted by Gasteiger charge is -2.25. The van der Waals surface area contributed by atoms with Crippen LogP contribution in [0.15, 0.2) is 146 Å². The lowest BCUT2D eigenvalue weighted by atomic mass is 10.1. The van der Waals surface area contributed by atoms with Gasteiger partial charge in [-0.1, -0.05) is 146 Å². The molecule has 0 saturated heterocycles. The summed E-state index contributed by atoms with van der Waals surface area (Å²) in [5, 5.41) is 11.4. The van der Waals surface area contributed by atoms with Gasteiger partial charge in [-0.2, -0.15) is 0 Å². The van der Waals surface area contributed by atoms with Crippen LogP contribution in [-0.4, -0.2) is 12.3 Å². The Hall–Kier alpha value is -3.30. The van der Waals surface area contributed by atoms with Gasteiger partial charge in [0.2, 0.25) is 0 Å². The molecule has 0 radical (unpaired) electrons. The zero-order chi connectivity index (χ0) is 24.2. The van der Waals surface area contributed by atoms with Crippen molar-refractivity contribution in [1.29, 1.82) is 0 Å². The van der Waals surface area contributed by atoms with Crippen molar-refractivity contribution in [3.05, 3.63) is 146 Å². The van der Waals surface area contributed by atoms with E-state index in [2.05, 4.69) is 146 Å². The van der Waals surface area contributed by atoms with E-state index in [4.69, 9.17) is 0 Å². The summed E-state index contributed by atoms with van der Waals surface area (Å²) in [6, 6.07) is 53.8. The maximum atomic E-state index is 2.36. The van der Waals surface area contributed by atoms with Crippen LogP contribution in [0.25, 0.3) is 21.5 Å². The molecule has 0 N–H and O–H groups in total. The van der Waals surface area contributed by atoms with Crippen LogP contribution in [0, 0.1) is 0 Å². The Balaban J connectivity index is 1.44. The van der Waals surface area contributed by atoms with Crippen molar-refractivity contribution in [3.63, 3.8) is 0 Å². The molecule has 2 unspecified atom stereocenters. The van der Waals surface area contributed by atoms with Crippen molar-refractivity contribution in [2.24, 2.45) is 0 Å². The zero-order valence-corrected chi connectivity index (χ0v) is 22.0. The molecule has 0 fully saturated rings. The van der Waals surface area contributed by atoms with E-state index in [0.29, 0.717) is 0 Å². The SMILES string of the molecule is c1ccc(P(CCP(c2ccccc2)c2cccc3ccccc23)c2cccc3ccccc23)cc1. The predicted molar refractivity (Wildman–Crippen MR) is 163 cm³/mol. The topological polar surface area (TPSA) is 0 Å². The van der Waals surface area contributed by atoms with Gasteiger partial charge in [0.1, 0.15) is 0 Å². The van der Waals surface area contributed by atoms with Gasteiger partial charge in [0.15, 0.2) is 0 Å². The molecular weight excluding hydrogens is 470 g/mol. The van der Waals surface area contributed by atoms with E-state index in [1.54, 1.807) is 0 Å². The van der Waals surface area contributed by atoms with Crippen molar-refractivity contribution < 1.29 is 0 Å².